The van der Waals surface area contributed by atoms with Crippen LogP contribution in [-0.2, 0) is 11.2 Å². The summed E-state index contributed by atoms with van der Waals surface area (Å²) >= 11 is 0. The van der Waals surface area contributed by atoms with Crippen molar-refractivity contribution in [2.75, 3.05) is 0 Å². The molecule has 0 saturated heterocycles. The lowest BCUT2D eigenvalue weighted by molar-refractivity contribution is -0.139. The summed E-state index contributed by atoms with van der Waals surface area (Å²) in [6.45, 7) is 3.81. The van der Waals surface area contributed by atoms with Gasteiger partial charge in [0.15, 0.2) is 5.82 Å². The monoisotopic (exact) mass is 252 g/mol. The van der Waals surface area contributed by atoms with Gasteiger partial charge in [0.1, 0.15) is 0 Å². The zero-order valence-corrected chi connectivity index (χ0v) is 11.0. The van der Waals surface area contributed by atoms with E-state index in [1.165, 1.54) is 12.8 Å². The predicted octanol–water partition coefficient (Wildman–Crippen LogP) is 2.77. The highest BCUT2D eigenvalue weighted by Crippen LogP contribution is 2.33. The second-order valence-corrected chi connectivity index (χ2v) is 5.94. The number of aromatic nitrogens is 2. The second kappa shape index (κ2) is 5.08. The largest absolute Gasteiger partial charge is 0.481 e. The first-order valence-corrected chi connectivity index (χ1v) is 6.50. The quantitative estimate of drug-likeness (QED) is 0.872. The van der Waals surface area contributed by atoms with Gasteiger partial charge in [0.25, 0.3) is 0 Å². The minimum Gasteiger partial charge on any atom is -0.481 e. The van der Waals surface area contributed by atoms with Gasteiger partial charge in [-0.25, -0.2) is 0 Å². The van der Waals surface area contributed by atoms with E-state index in [0.29, 0.717) is 18.2 Å². The average Bonchev–Trinajstić information content (AvgIpc) is 2.82. The van der Waals surface area contributed by atoms with Crippen LogP contribution in [0.3, 0.4) is 0 Å². The van der Waals surface area contributed by atoms with E-state index < -0.39 is 5.97 Å². The van der Waals surface area contributed by atoms with Gasteiger partial charge in [0.2, 0.25) is 5.89 Å². The molecule has 1 heterocycles. The molecule has 1 aliphatic carbocycles. The summed E-state index contributed by atoms with van der Waals surface area (Å²) in [4.78, 5) is 15.2. The maximum Gasteiger partial charge on any atom is 0.303 e. The van der Waals surface area contributed by atoms with Gasteiger partial charge in [0.05, 0.1) is 6.42 Å². The van der Waals surface area contributed by atoms with E-state index in [9.17, 15) is 4.79 Å². The molecule has 5 nitrogen and oxygen atoms in total. The Hall–Kier alpha value is -1.39. The molecule has 100 valence electrons. The summed E-state index contributed by atoms with van der Waals surface area (Å²) in [5.41, 5.74) is -0.356. The van der Waals surface area contributed by atoms with Crippen LogP contribution >= 0.6 is 0 Å². The van der Waals surface area contributed by atoms with Crippen LogP contribution in [0.5, 0.6) is 0 Å². The molecule has 1 aromatic heterocycles. The van der Waals surface area contributed by atoms with Crippen LogP contribution in [0.2, 0.25) is 0 Å². The minimum absolute atomic E-state index is 0.105. The fourth-order valence-electron chi connectivity index (χ4n) is 2.57. The first kappa shape index (κ1) is 13.1. The maximum atomic E-state index is 10.8. The topological polar surface area (TPSA) is 76.2 Å². The molecule has 0 aliphatic heterocycles. The summed E-state index contributed by atoms with van der Waals surface area (Å²) in [5, 5.41) is 12.9. The third-order valence-electron chi connectivity index (χ3n) is 3.46. The Balaban J connectivity index is 1.99. The fraction of sp³-hybridized carbons (Fsp3) is 0.769. The smallest absolute Gasteiger partial charge is 0.303 e. The van der Waals surface area contributed by atoms with Crippen LogP contribution in [0.25, 0.3) is 0 Å². The van der Waals surface area contributed by atoms with Crippen molar-refractivity contribution >= 4 is 5.97 Å². The molecule has 18 heavy (non-hydrogen) atoms. The maximum absolute atomic E-state index is 10.8. The van der Waals surface area contributed by atoms with Gasteiger partial charge < -0.3 is 9.63 Å². The summed E-state index contributed by atoms with van der Waals surface area (Å²) < 4.78 is 5.24. The van der Waals surface area contributed by atoms with Crippen molar-refractivity contribution in [1.29, 1.82) is 0 Å². The lowest BCUT2D eigenvalue weighted by Gasteiger charge is -2.19. The van der Waals surface area contributed by atoms with Crippen molar-refractivity contribution in [3.05, 3.63) is 11.7 Å². The van der Waals surface area contributed by atoms with Gasteiger partial charge in [-0.1, -0.05) is 31.8 Å². The van der Waals surface area contributed by atoms with Gasteiger partial charge in [-0.3, -0.25) is 4.79 Å². The molecular formula is C13H20N2O3. The second-order valence-electron chi connectivity index (χ2n) is 5.94. The van der Waals surface area contributed by atoms with E-state index in [1.54, 1.807) is 0 Å². The van der Waals surface area contributed by atoms with Gasteiger partial charge in [0, 0.05) is 12.3 Å². The van der Waals surface area contributed by atoms with E-state index >= 15 is 0 Å². The van der Waals surface area contributed by atoms with E-state index in [0.717, 1.165) is 18.7 Å². The third-order valence-corrected chi connectivity index (χ3v) is 3.46. The standard InChI is InChI=1S/C13H20N2O3/c1-13(2,8-11(16)17)7-10-14-12(15-18-10)9-5-3-4-6-9/h9H,3-8H2,1-2H3,(H,16,17). The summed E-state index contributed by atoms with van der Waals surface area (Å²) in [7, 11) is 0. The molecule has 1 aromatic rings. The lowest BCUT2D eigenvalue weighted by atomic mass is 9.86. The average molecular weight is 252 g/mol. The van der Waals surface area contributed by atoms with Crippen LogP contribution in [-0.4, -0.2) is 21.2 Å². The number of aliphatic carboxylic acids is 1. The van der Waals surface area contributed by atoms with Crippen LogP contribution in [0.15, 0.2) is 4.52 Å². The fourth-order valence-corrected chi connectivity index (χ4v) is 2.57. The molecule has 1 N–H and O–H groups in total. The van der Waals surface area contributed by atoms with Gasteiger partial charge >= 0.3 is 5.97 Å². The Labute approximate surface area is 107 Å². The van der Waals surface area contributed by atoms with Crippen molar-refractivity contribution in [2.24, 2.45) is 5.41 Å². The summed E-state index contributed by atoms with van der Waals surface area (Å²) in [6, 6.07) is 0. The number of rotatable bonds is 5. The van der Waals surface area contributed by atoms with Crippen LogP contribution in [0.1, 0.15) is 63.6 Å². The first-order valence-electron chi connectivity index (χ1n) is 6.50. The molecule has 0 unspecified atom stereocenters. The Kier molecular flexibility index (Phi) is 3.68. The number of nitrogens with zero attached hydrogens (tertiary/aromatic N) is 2. The highest BCUT2D eigenvalue weighted by Gasteiger charge is 2.27. The SMILES string of the molecule is CC(C)(CC(=O)O)Cc1nc(C2CCCC2)no1. The highest BCUT2D eigenvalue weighted by atomic mass is 16.5. The normalized spacial score (nSPS) is 17.2. The van der Waals surface area contributed by atoms with Gasteiger partial charge in [-0.05, 0) is 18.3 Å². The lowest BCUT2D eigenvalue weighted by Crippen LogP contribution is -2.19. The zero-order valence-electron chi connectivity index (χ0n) is 11.0. The third kappa shape index (κ3) is 3.31. The zero-order chi connectivity index (χ0) is 13.2. The minimum atomic E-state index is -0.796. The van der Waals surface area contributed by atoms with Gasteiger partial charge in [-0.2, -0.15) is 4.98 Å². The molecule has 0 radical (unpaired) electrons. The molecule has 0 spiro atoms. The van der Waals surface area contributed by atoms with E-state index in [2.05, 4.69) is 10.1 Å². The van der Waals surface area contributed by atoms with Crippen LogP contribution in [0, 0.1) is 5.41 Å². The Bertz CT molecular complexity index is 420. The molecule has 1 fully saturated rings. The number of carbonyl (C=O) groups is 1. The molecule has 0 amide bonds. The summed E-state index contributed by atoms with van der Waals surface area (Å²) in [5.74, 6) is 0.998. The Morgan fingerprint density at radius 1 is 1.44 bits per heavy atom. The molecular weight excluding hydrogens is 232 g/mol. The molecule has 5 heteroatoms. The molecule has 0 atom stereocenters. The van der Waals surface area contributed by atoms with Crippen LogP contribution < -0.4 is 0 Å². The molecule has 1 saturated carbocycles. The molecule has 0 bridgehead atoms. The van der Waals surface area contributed by atoms with Crippen molar-refractivity contribution in [1.82, 2.24) is 10.1 Å². The predicted molar refractivity (Wildman–Crippen MR) is 65.2 cm³/mol. The number of carboxylic acids is 1. The highest BCUT2D eigenvalue weighted by molar-refractivity contribution is 5.67. The van der Waals surface area contributed by atoms with Crippen molar-refractivity contribution < 1.29 is 14.4 Å². The first-order chi connectivity index (χ1) is 8.46. The number of hydrogen-bond donors (Lipinski definition) is 1. The van der Waals surface area contributed by atoms with E-state index in [1.807, 2.05) is 13.8 Å². The molecule has 0 aromatic carbocycles. The molecule has 2 rings (SSSR count). The van der Waals surface area contributed by atoms with Crippen LogP contribution in [0.4, 0.5) is 0 Å². The Morgan fingerprint density at radius 3 is 2.72 bits per heavy atom. The van der Waals surface area contributed by atoms with E-state index in [4.69, 9.17) is 9.63 Å². The summed E-state index contributed by atoms with van der Waals surface area (Å²) in [6.07, 6.45) is 5.36. The van der Waals surface area contributed by atoms with Crippen molar-refractivity contribution in [3.63, 3.8) is 0 Å². The van der Waals surface area contributed by atoms with E-state index in [-0.39, 0.29) is 11.8 Å². The van der Waals surface area contributed by atoms with Crippen molar-refractivity contribution in [3.8, 4) is 0 Å². The molecule has 1 aliphatic rings. The van der Waals surface area contributed by atoms with Gasteiger partial charge in [-0.15, -0.1) is 0 Å². The number of hydrogen-bond acceptors (Lipinski definition) is 4. The number of carboxylic acid groups (broad SMARTS) is 1. The van der Waals surface area contributed by atoms with Crippen molar-refractivity contribution in [2.45, 2.75) is 58.3 Å². The Morgan fingerprint density at radius 2 is 2.11 bits per heavy atom.